The Morgan fingerprint density at radius 2 is 2.17 bits per heavy atom. The maximum Gasteiger partial charge on any atom is 0.221 e. The average Bonchev–Trinajstić information content (AvgIpc) is 3.00. The van der Waals surface area contributed by atoms with Gasteiger partial charge in [0.15, 0.2) is 0 Å². The van der Waals surface area contributed by atoms with E-state index in [0.717, 1.165) is 25.3 Å². The summed E-state index contributed by atoms with van der Waals surface area (Å²) in [4.78, 5) is 11.7. The highest BCUT2D eigenvalue weighted by Gasteiger charge is 2.15. The molecule has 0 unspecified atom stereocenters. The summed E-state index contributed by atoms with van der Waals surface area (Å²) in [6, 6.07) is 4.16. The second-order valence-corrected chi connectivity index (χ2v) is 6.12. The van der Waals surface area contributed by atoms with E-state index in [9.17, 15) is 4.79 Å². The number of hydrogen-bond donors (Lipinski definition) is 1. The van der Waals surface area contributed by atoms with E-state index in [-0.39, 0.29) is 5.24 Å². The van der Waals surface area contributed by atoms with Crippen molar-refractivity contribution in [3.05, 3.63) is 22.4 Å². The van der Waals surface area contributed by atoms with Crippen LogP contribution in [0.5, 0.6) is 0 Å². The smallest absolute Gasteiger partial charge is 0.221 e. The van der Waals surface area contributed by atoms with E-state index in [1.165, 1.54) is 30.6 Å². The van der Waals surface area contributed by atoms with Crippen molar-refractivity contribution >= 4 is 28.2 Å². The highest BCUT2D eigenvalue weighted by molar-refractivity contribution is 7.09. The molecule has 1 aliphatic carbocycles. The monoisotopic (exact) mass is 287 g/mol. The Hall–Kier alpha value is -0.380. The normalized spacial score (nSPS) is 15.2. The molecular weight excluding hydrogens is 266 g/mol. The lowest BCUT2D eigenvalue weighted by molar-refractivity contribution is -0.111. The number of thiophene rings is 1. The van der Waals surface area contributed by atoms with Gasteiger partial charge in [0.25, 0.3) is 0 Å². The molecule has 2 N–H and O–H groups in total. The molecule has 1 aliphatic rings. The number of carbonyl (C=O) groups is 1. The minimum atomic E-state index is -0.174. The quantitative estimate of drug-likeness (QED) is 0.833. The summed E-state index contributed by atoms with van der Waals surface area (Å²) in [6.45, 7) is 0.764. The van der Waals surface area contributed by atoms with Gasteiger partial charge < -0.3 is 5.73 Å². The second kappa shape index (κ2) is 9.54. The van der Waals surface area contributed by atoms with Crippen LogP contribution in [-0.2, 0) is 11.2 Å². The molecule has 0 atom stereocenters. The van der Waals surface area contributed by atoms with Crippen molar-refractivity contribution in [2.45, 2.75) is 44.9 Å². The molecule has 4 heteroatoms. The Kier molecular flexibility index (Phi) is 8.31. The van der Waals surface area contributed by atoms with Gasteiger partial charge >= 0.3 is 0 Å². The lowest BCUT2D eigenvalue weighted by atomic mass is 10.0. The van der Waals surface area contributed by atoms with Crippen molar-refractivity contribution in [1.82, 2.24) is 0 Å². The highest BCUT2D eigenvalue weighted by atomic mass is 35.5. The van der Waals surface area contributed by atoms with Crippen LogP contribution in [0.15, 0.2) is 17.5 Å². The topological polar surface area (TPSA) is 43.1 Å². The van der Waals surface area contributed by atoms with Crippen LogP contribution >= 0.6 is 22.9 Å². The van der Waals surface area contributed by atoms with Crippen molar-refractivity contribution in [3.8, 4) is 0 Å². The van der Waals surface area contributed by atoms with E-state index in [2.05, 4.69) is 17.5 Å². The summed E-state index contributed by atoms with van der Waals surface area (Å²) >= 11 is 6.98. The molecule has 102 valence electrons. The van der Waals surface area contributed by atoms with Gasteiger partial charge in [0.1, 0.15) is 0 Å². The van der Waals surface area contributed by atoms with Gasteiger partial charge in [-0.15, -0.1) is 11.3 Å². The summed E-state index contributed by atoms with van der Waals surface area (Å²) in [5.41, 5.74) is 5.33. The second-order valence-electron chi connectivity index (χ2n) is 4.66. The summed E-state index contributed by atoms with van der Waals surface area (Å²) in [5.74, 6) is 0.794. The Morgan fingerprint density at radius 3 is 2.67 bits per heavy atom. The zero-order valence-electron chi connectivity index (χ0n) is 10.7. The van der Waals surface area contributed by atoms with Gasteiger partial charge in [-0.1, -0.05) is 31.7 Å². The fraction of sp³-hybridized carbons (Fsp3) is 0.643. The molecule has 2 nitrogen and oxygen atoms in total. The largest absolute Gasteiger partial charge is 0.330 e. The fourth-order valence-electron chi connectivity index (χ4n) is 2.21. The summed E-state index contributed by atoms with van der Waals surface area (Å²) in [7, 11) is 0. The molecule has 1 aromatic rings. The lowest BCUT2D eigenvalue weighted by Crippen LogP contribution is -2.00. The lowest BCUT2D eigenvalue weighted by Gasteiger charge is -2.04. The molecular formula is C14H22ClNOS. The summed E-state index contributed by atoms with van der Waals surface area (Å²) < 4.78 is 0. The van der Waals surface area contributed by atoms with Crippen molar-refractivity contribution in [3.63, 3.8) is 0 Å². The Morgan fingerprint density at radius 1 is 1.44 bits per heavy atom. The van der Waals surface area contributed by atoms with E-state index in [4.69, 9.17) is 17.3 Å². The fourth-order valence-corrected chi connectivity index (χ4v) is 3.05. The van der Waals surface area contributed by atoms with Crippen LogP contribution in [0.2, 0.25) is 0 Å². The molecule has 0 bridgehead atoms. The van der Waals surface area contributed by atoms with Gasteiger partial charge in [0, 0.05) is 11.3 Å². The van der Waals surface area contributed by atoms with Crippen LogP contribution in [0.25, 0.3) is 0 Å². The van der Waals surface area contributed by atoms with Gasteiger partial charge in [0.2, 0.25) is 5.24 Å². The number of rotatable bonds is 5. The summed E-state index contributed by atoms with van der Waals surface area (Å²) in [6.07, 6.45) is 7.93. The van der Waals surface area contributed by atoms with Crippen molar-refractivity contribution in [1.29, 1.82) is 0 Å². The number of nitrogens with two attached hydrogens (primary N) is 1. The molecule has 0 spiro atoms. The van der Waals surface area contributed by atoms with E-state index >= 15 is 0 Å². The van der Waals surface area contributed by atoms with E-state index in [0.29, 0.717) is 6.42 Å². The zero-order chi connectivity index (χ0) is 13.2. The van der Waals surface area contributed by atoms with Crippen LogP contribution in [0.4, 0.5) is 0 Å². The number of halogens is 1. The predicted octanol–water partition coefficient (Wildman–Crippen LogP) is 3.97. The highest BCUT2D eigenvalue weighted by Crippen LogP contribution is 2.28. The van der Waals surface area contributed by atoms with E-state index < -0.39 is 0 Å². The Bertz CT molecular complexity index is 321. The van der Waals surface area contributed by atoms with Crippen LogP contribution in [0.1, 0.15) is 43.4 Å². The van der Waals surface area contributed by atoms with Crippen molar-refractivity contribution in [2.75, 3.05) is 6.54 Å². The van der Waals surface area contributed by atoms with E-state index in [1.807, 2.05) is 0 Å². The minimum Gasteiger partial charge on any atom is -0.330 e. The first-order chi connectivity index (χ1) is 8.72. The van der Waals surface area contributed by atoms with E-state index in [1.54, 1.807) is 11.3 Å². The molecule has 1 saturated carbocycles. The first-order valence-electron chi connectivity index (χ1n) is 6.63. The standard InChI is InChI=1S/C8H13ClO.C6H9NS/c9-8(10)6-5-7-3-1-2-4-7;7-4-3-6-2-1-5-8-6/h7H,1-6H2;1-2,5H,3-4,7H2. The number of carbonyl (C=O) groups excluding carboxylic acids is 1. The minimum absolute atomic E-state index is 0.174. The molecule has 0 amide bonds. The van der Waals surface area contributed by atoms with Crippen LogP contribution in [0.3, 0.4) is 0 Å². The SMILES string of the molecule is NCCc1cccs1.O=C(Cl)CCC1CCCC1. The van der Waals surface area contributed by atoms with Gasteiger partial charge in [-0.3, -0.25) is 4.79 Å². The zero-order valence-corrected chi connectivity index (χ0v) is 12.3. The first kappa shape index (κ1) is 15.7. The third-order valence-electron chi connectivity index (χ3n) is 3.19. The molecule has 0 saturated heterocycles. The van der Waals surface area contributed by atoms with Crippen molar-refractivity contribution in [2.24, 2.45) is 11.7 Å². The maximum absolute atomic E-state index is 10.4. The van der Waals surface area contributed by atoms with Gasteiger partial charge in [-0.05, 0) is 48.4 Å². The molecule has 0 aliphatic heterocycles. The summed E-state index contributed by atoms with van der Waals surface area (Å²) in [5, 5.41) is 1.90. The first-order valence-corrected chi connectivity index (χ1v) is 7.89. The van der Waals surface area contributed by atoms with Crippen molar-refractivity contribution < 1.29 is 4.79 Å². The van der Waals surface area contributed by atoms with Gasteiger partial charge in [-0.2, -0.15) is 0 Å². The van der Waals surface area contributed by atoms with Crippen LogP contribution in [-0.4, -0.2) is 11.8 Å². The molecule has 1 fully saturated rings. The third-order valence-corrected chi connectivity index (χ3v) is 4.32. The molecule has 1 heterocycles. The average molecular weight is 288 g/mol. The molecule has 0 aromatic carbocycles. The maximum atomic E-state index is 10.4. The van der Waals surface area contributed by atoms with Gasteiger partial charge in [0.05, 0.1) is 0 Å². The molecule has 2 rings (SSSR count). The molecule has 1 aromatic heterocycles. The Balaban J connectivity index is 0.000000184. The number of hydrogen-bond acceptors (Lipinski definition) is 3. The molecule has 18 heavy (non-hydrogen) atoms. The van der Waals surface area contributed by atoms with Crippen LogP contribution < -0.4 is 5.73 Å². The van der Waals surface area contributed by atoms with Crippen LogP contribution in [0, 0.1) is 5.92 Å². The third kappa shape index (κ3) is 7.14. The predicted molar refractivity (Wildman–Crippen MR) is 79.1 cm³/mol. The molecule has 0 radical (unpaired) electrons. The Labute approximate surface area is 119 Å². The van der Waals surface area contributed by atoms with Gasteiger partial charge in [-0.25, -0.2) is 0 Å².